The normalized spacial score (nSPS) is 11.0. The minimum atomic E-state index is -0.268. The molecule has 0 heterocycles. The second-order valence-corrected chi connectivity index (χ2v) is 6.54. The molecule has 0 aromatic carbocycles. The van der Waals surface area contributed by atoms with E-state index < -0.39 is 0 Å². The Balaban J connectivity index is 4.58. The Kier molecular flexibility index (Phi) is 15.7. The summed E-state index contributed by atoms with van der Waals surface area (Å²) in [6, 6.07) is 0. The first-order valence-electron chi connectivity index (χ1n) is 9.71. The van der Waals surface area contributed by atoms with Gasteiger partial charge in [-0.25, -0.2) is 0 Å². The molecule has 0 fully saturated rings. The van der Waals surface area contributed by atoms with Crippen LogP contribution in [-0.2, 0) is 23.9 Å². The zero-order chi connectivity index (χ0) is 20.5. The molecule has 0 bridgehead atoms. The fraction of sp³-hybridized carbons (Fsp3) is 0.842. The largest absolute Gasteiger partial charge is 0.469 e. The number of nitrogens with zero attached hydrogens (tertiary/aromatic N) is 2. The third kappa shape index (κ3) is 15.3. The van der Waals surface area contributed by atoms with E-state index in [1.165, 1.54) is 14.2 Å². The zero-order valence-electron chi connectivity index (χ0n) is 17.4. The van der Waals surface area contributed by atoms with Crippen molar-refractivity contribution in [2.45, 2.75) is 39.5 Å². The molecule has 8 heteroatoms. The fourth-order valence-electron chi connectivity index (χ4n) is 2.51. The molecule has 0 unspecified atom stereocenters. The van der Waals surface area contributed by atoms with Gasteiger partial charge in [0.05, 0.1) is 27.1 Å². The van der Waals surface area contributed by atoms with Crippen LogP contribution in [0.15, 0.2) is 0 Å². The first kappa shape index (κ1) is 25.5. The Bertz CT molecular complexity index is 412. The molecule has 0 aliphatic rings. The smallest absolute Gasteiger partial charge is 0.306 e. The number of methoxy groups -OCH3 is 2. The summed E-state index contributed by atoms with van der Waals surface area (Å²) in [5, 5.41) is 3.37. The molecule has 0 amide bonds. The van der Waals surface area contributed by atoms with Gasteiger partial charge in [0.25, 0.3) is 0 Å². The number of Topliss-reactive ketones (excluding diaryl/α,β-unsaturated/α-hetero) is 1. The summed E-state index contributed by atoms with van der Waals surface area (Å²) in [4.78, 5) is 38.5. The molecule has 0 saturated carbocycles. The quantitative estimate of drug-likeness (QED) is 0.288. The lowest BCUT2D eigenvalue weighted by molar-refractivity contribution is -0.141. The highest BCUT2D eigenvalue weighted by Gasteiger charge is 2.13. The van der Waals surface area contributed by atoms with Crippen LogP contribution in [0.5, 0.6) is 0 Å². The first-order valence-corrected chi connectivity index (χ1v) is 9.71. The maximum absolute atomic E-state index is 11.4. The van der Waals surface area contributed by atoms with Crippen molar-refractivity contribution in [1.29, 1.82) is 0 Å². The average molecular weight is 388 g/mol. The number of esters is 2. The minimum Gasteiger partial charge on any atom is -0.469 e. The second kappa shape index (κ2) is 16.6. The molecular weight excluding hydrogens is 350 g/mol. The van der Waals surface area contributed by atoms with Crippen molar-refractivity contribution < 1.29 is 23.9 Å². The number of carbonyl (C=O) groups excluding carboxylic acids is 3. The molecule has 0 aliphatic heterocycles. The van der Waals surface area contributed by atoms with Crippen LogP contribution in [0.3, 0.4) is 0 Å². The maximum Gasteiger partial charge on any atom is 0.306 e. The number of nitrogens with one attached hydrogen (secondary N) is 1. The number of ether oxygens (including phenoxy) is 2. The van der Waals surface area contributed by atoms with Gasteiger partial charge < -0.3 is 24.6 Å². The lowest BCUT2D eigenvalue weighted by Gasteiger charge is -2.27. The lowest BCUT2D eigenvalue weighted by Crippen LogP contribution is -2.40. The van der Waals surface area contributed by atoms with E-state index in [0.29, 0.717) is 32.6 Å². The van der Waals surface area contributed by atoms with Crippen LogP contribution in [0.1, 0.15) is 39.5 Å². The van der Waals surface area contributed by atoms with Gasteiger partial charge in [-0.15, -0.1) is 0 Å². The molecule has 27 heavy (non-hydrogen) atoms. The topological polar surface area (TPSA) is 88.2 Å². The van der Waals surface area contributed by atoms with Crippen LogP contribution in [0.2, 0.25) is 0 Å². The van der Waals surface area contributed by atoms with Crippen molar-refractivity contribution in [3.63, 3.8) is 0 Å². The molecule has 0 aromatic heterocycles. The van der Waals surface area contributed by atoms with E-state index >= 15 is 0 Å². The molecule has 0 aromatic rings. The predicted octanol–water partition coefficient (Wildman–Crippen LogP) is 0.695. The summed E-state index contributed by atoms with van der Waals surface area (Å²) in [7, 11) is 2.74. The van der Waals surface area contributed by atoms with Gasteiger partial charge in [0.15, 0.2) is 0 Å². The van der Waals surface area contributed by atoms with Gasteiger partial charge in [-0.3, -0.25) is 14.4 Å². The Labute approximate surface area is 163 Å². The molecule has 0 spiro atoms. The molecule has 0 rings (SSSR count). The number of carbonyl (C=O) groups is 3. The number of hydrogen-bond donors (Lipinski definition) is 1. The Morgan fingerprint density at radius 3 is 1.67 bits per heavy atom. The first-order chi connectivity index (χ1) is 12.9. The summed E-state index contributed by atoms with van der Waals surface area (Å²) in [5.41, 5.74) is 0. The van der Waals surface area contributed by atoms with Crippen molar-refractivity contribution in [2.24, 2.45) is 0 Å². The summed E-state index contributed by atoms with van der Waals surface area (Å²) >= 11 is 0. The number of rotatable bonds is 17. The van der Waals surface area contributed by atoms with E-state index in [4.69, 9.17) is 9.47 Å². The van der Waals surface area contributed by atoms with E-state index in [0.717, 1.165) is 32.6 Å². The van der Waals surface area contributed by atoms with E-state index in [1.54, 1.807) is 6.92 Å². The number of hydrogen-bond acceptors (Lipinski definition) is 8. The van der Waals surface area contributed by atoms with Crippen molar-refractivity contribution in [3.8, 4) is 0 Å². The highest BCUT2D eigenvalue weighted by Crippen LogP contribution is 2.00. The lowest BCUT2D eigenvalue weighted by atomic mass is 10.2. The van der Waals surface area contributed by atoms with E-state index in [9.17, 15) is 14.4 Å². The summed E-state index contributed by atoms with van der Waals surface area (Å²) in [6.07, 6.45) is 2.17. The monoisotopic (exact) mass is 387 g/mol. The molecule has 0 aliphatic carbocycles. The minimum absolute atomic E-state index is 0.176. The van der Waals surface area contributed by atoms with Gasteiger partial charge in [-0.1, -0.05) is 6.92 Å². The second-order valence-electron chi connectivity index (χ2n) is 6.54. The van der Waals surface area contributed by atoms with Crippen LogP contribution in [0.25, 0.3) is 0 Å². The summed E-state index contributed by atoms with van der Waals surface area (Å²) in [6.45, 7) is 9.67. The van der Waals surface area contributed by atoms with E-state index in [2.05, 4.69) is 22.0 Å². The van der Waals surface area contributed by atoms with Gasteiger partial charge in [0, 0.05) is 52.2 Å². The Hall–Kier alpha value is -1.51. The highest BCUT2D eigenvalue weighted by molar-refractivity contribution is 5.75. The predicted molar refractivity (Wildman–Crippen MR) is 105 cm³/mol. The average Bonchev–Trinajstić information content (AvgIpc) is 2.66. The van der Waals surface area contributed by atoms with Crippen LogP contribution in [0.4, 0.5) is 0 Å². The van der Waals surface area contributed by atoms with Gasteiger partial charge in [0.2, 0.25) is 0 Å². The van der Waals surface area contributed by atoms with Gasteiger partial charge in [-0.2, -0.15) is 0 Å². The third-order valence-corrected chi connectivity index (χ3v) is 4.26. The van der Waals surface area contributed by atoms with Crippen LogP contribution in [-0.4, -0.2) is 94.1 Å². The Morgan fingerprint density at radius 2 is 1.22 bits per heavy atom. The third-order valence-electron chi connectivity index (χ3n) is 4.26. The molecule has 0 saturated heterocycles. The molecule has 0 atom stereocenters. The van der Waals surface area contributed by atoms with Crippen LogP contribution >= 0.6 is 0 Å². The zero-order valence-corrected chi connectivity index (χ0v) is 17.4. The standard InChI is InChI=1S/C19H37N3O5/c1-5-9-20-10-14-22(11-6-17(2)23)16-15-21(12-7-18(24)26-3)13-8-19(25)27-4/h20H,5-16H2,1-4H3. The van der Waals surface area contributed by atoms with E-state index in [1.807, 2.05) is 0 Å². The van der Waals surface area contributed by atoms with Gasteiger partial charge in [-0.05, 0) is 19.9 Å². The van der Waals surface area contributed by atoms with Gasteiger partial charge in [0.1, 0.15) is 5.78 Å². The van der Waals surface area contributed by atoms with Crippen LogP contribution < -0.4 is 5.32 Å². The SMILES string of the molecule is CCCNCCN(CCC(C)=O)CCN(CCC(=O)OC)CCC(=O)OC. The van der Waals surface area contributed by atoms with Crippen LogP contribution in [0, 0.1) is 0 Å². The van der Waals surface area contributed by atoms with Crippen molar-refractivity contribution >= 4 is 17.7 Å². The van der Waals surface area contributed by atoms with Crippen molar-refractivity contribution in [3.05, 3.63) is 0 Å². The molecule has 1 N–H and O–H groups in total. The maximum atomic E-state index is 11.4. The van der Waals surface area contributed by atoms with Gasteiger partial charge >= 0.3 is 11.9 Å². The van der Waals surface area contributed by atoms with E-state index in [-0.39, 0.29) is 30.6 Å². The fourth-order valence-corrected chi connectivity index (χ4v) is 2.51. The molecule has 0 radical (unpaired) electrons. The highest BCUT2D eigenvalue weighted by atomic mass is 16.5. The summed E-state index contributed by atoms with van der Waals surface area (Å²) in [5.74, 6) is -0.361. The Morgan fingerprint density at radius 1 is 0.741 bits per heavy atom. The van der Waals surface area contributed by atoms with Crippen molar-refractivity contribution in [2.75, 3.05) is 66.6 Å². The molecule has 8 nitrogen and oxygen atoms in total. The molecular formula is C19H37N3O5. The molecule has 158 valence electrons. The van der Waals surface area contributed by atoms with Crippen molar-refractivity contribution in [1.82, 2.24) is 15.1 Å². The summed E-state index contributed by atoms with van der Waals surface area (Å²) < 4.78 is 9.40. The number of ketones is 1.